The maximum Gasteiger partial charge on any atom is 0.418 e. The van der Waals surface area contributed by atoms with Gasteiger partial charge in [-0.15, -0.1) is 11.3 Å². The van der Waals surface area contributed by atoms with Gasteiger partial charge in [0, 0.05) is 36.3 Å². The van der Waals surface area contributed by atoms with Crippen LogP contribution in [0, 0.1) is 18.8 Å². The van der Waals surface area contributed by atoms with E-state index in [4.69, 9.17) is 5.73 Å². The molecule has 4 heterocycles. The van der Waals surface area contributed by atoms with E-state index < -0.39 is 23.3 Å². The van der Waals surface area contributed by atoms with Gasteiger partial charge >= 0.3 is 11.9 Å². The van der Waals surface area contributed by atoms with E-state index in [2.05, 4.69) is 16.8 Å². The van der Waals surface area contributed by atoms with Gasteiger partial charge in [0.1, 0.15) is 0 Å². The van der Waals surface area contributed by atoms with Gasteiger partial charge in [-0.2, -0.15) is 13.2 Å². The first kappa shape index (κ1) is 28.7. The molecule has 4 aromatic rings. The second-order valence-corrected chi connectivity index (χ2v) is 13.1. The van der Waals surface area contributed by atoms with Crippen LogP contribution in [-0.4, -0.2) is 37.8 Å². The highest BCUT2D eigenvalue weighted by molar-refractivity contribution is 7.13. The van der Waals surface area contributed by atoms with Crippen molar-refractivity contribution in [3.63, 3.8) is 0 Å². The van der Waals surface area contributed by atoms with E-state index in [9.17, 15) is 22.8 Å². The number of aryl methyl sites for hydroxylation is 1. The number of nitrogens with two attached hydrogens (primary N) is 1. The number of rotatable bonds is 7. The van der Waals surface area contributed by atoms with Crippen LogP contribution in [0.3, 0.4) is 0 Å². The van der Waals surface area contributed by atoms with E-state index in [0.717, 1.165) is 65.7 Å². The lowest BCUT2D eigenvalue weighted by Gasteiger charge is -2.34. The molecule has 1 aromatic carbocycles. The number of fused-ring (bicyclic) bond motifs is 1. The summed E-state index contributed by atoms with van der Waals surface area (Å²) in [6, 6.07) is 8.54. The van der Waals surface area contributed by atoms with Crippen molar-refractivity contribution in [3.05, 3.63) is 85.5 Å². The van der Waals surface area contributed by atoms with E-state index in [1.165, 1.54) is 28.2 Å². The average molecular weight is 598 g/mol. The SMILES string of the molecule is Cc1sc(C(N)=O)nc1C(c1cccc(-n2cc3c(C(F)(F)F)cc(CN4CCC[C@H](C)C4)cn3c2=O)c1)C1CCC1. The van der Waals surface area contributed by atoms with Gasteiger partial charge in [0.05, 0.1) is 22.5 Å². The van der Waals surface area contributed by atoms with Crippen LogP contribution in [-0.2, 0) is 12.7 Å². The summed E-state index contributed by atoms with van der Waals surface area (Å²) in [6.07, 6.45) is 3.43. The second-order valence-electron chi connectivity index (χ2n) is 11.9. The number of carbonyl (C=O) groups is 1. The Labute approximate surface area is 245 Å². The molecule has 42 heavy (non-hydrogen) atoms. The van der Waals surface area contributed by atoms with Crippen molar-refractivity contribution in [2.45, 2.75) is 64.6 Å². The van der Waals surface area contributed by atoms with Gasteiger partial charge < -0.3 is 5.73 Å². The number of thiazole rings is 1. The molecule has 2 atom stereocenters. The van der Waals surface area contributed by atoms with Crippen LogP contribution in [0.1, 0.15) is 82.0 Å². The molecule has 6 rings (SSSR count). The van der Waals surface area contributed by atoms with E-state index in [1.54, 1.807) is 12.3 Å². The predicted molar refractivity (Wildman–Crippen MR) is 156 cm³/mol. The molecule has 0 bridgehead atoms. The van der Waals surface area contributed by atoms with Gasteiger partial charge in [-0.05, 0) is 80.3 Å². The molecule has 0 spiro atoms. The fraction of sp³-hybridized carbons (Fsp3) is 0.452. The van der Waals surface area contributed by atoms with Gasteiger partial charge in [0.15, 0.2) is 5.01 Å². The van der Waals surface area contributed by atoms with Gasteiger partial charge in [-0.25, -0.2) is 9.78 Å². The van der Waals surface area contributed by atoms with Crippen LogP contribution < -0.4 is 11.4 Å². The molecule has 2 fully saturated rings. The fourth-order valence-electron chi connectivity index (χ4n) is 6.53. The molecule has 1 unspecified atom stereocenters. The Kier molecular flexibility index (Phi) is 7.51. The van der Waals surface area contributed by atoms with Gasteiger partial charge in [0.25, 0.3) is 5.91 Å². The topological polar surface area (TPSA) is 85.6 Å². The number of hydrogen-bond acceptors (Lipinski definition) is 5. The highest BCUT2D eigenvalue weighted by Crippen LogP contribution is 2.45. The summed E-state index contributed by atoms with van der Waals surface area (Å²) in [5, 5.41) is 0.257. The van der Waals surface area contributed by atoms with Crippen LogP contribution >= 0.6 is 11.3 Å². The average Bonchev–Trinajstić information content (AvgIpc) is 3.45. The first-order valence-electron chi connectivity index (χ1n) is 14.4. The minimum Gasteiger partial charge on any atom is -0.364 e. The fourth-order valence-corrected chi connectivity index (χ4v) is 7.34. The Bertz CT molecular complexity index is 1700. The van der Waals surface area contributed by atoms with Gasteiger partial charge in [-0.3, -0.25) is 18.7 Å². The second kappa shape index (κ2) is 11.0. The van der Waals surface area contributed by atoms with Gasteiger partial charge in [0.2, 0.25) is 0 Å². The molecular formula is C31H34F3N5O2S. The Morgan fingerprint density at radius 2 is 1.95 bits per heavy atom. The number of amides is 1. The molecule has 7 nitrogen and oxygen atoms in total. The summed E-state index contributed by atoms with van der Waals surface area (Å²) < 4.78 is 45.3. The van der Waals surface area contributed by atoms with E-state index in [0.29, 0.717) is 29.6 Å². The third-order valence-electron chi connectivity index (χ3n) is 8.74. The zero-order chi connectivity index (χ0) is 29.8. The molecule has 2 aliphatic rings. The number of alkyl halides is 3. The van der Waals surface area contributed by atoms with Crippen molar-refractivity contribution in [2.24, 2.45) is 17.6 Å². The smallest absolute Gasteiger partial charge is 0.364 e. The molecule has 222 valence electrons. The minimum absolute atomic E-state index is 0.111. The van der Waals surface area contributed by atoms with Crippen molar-refractivity contribution in [2.75, 3.05) is 13.1 Å². The number of pyridine rings is 1. The number of piperidine rings is 1. The molecule has 1 amide bonds. The number of aromatic nitrogens is 3. The maximum atomic E-state index is 14.3. The largest absolute Gasteiger partial charge is 0.418 e. The number of benzene rings is 1. The lowest BCUT2D eigenvalue weighted by molar-refractivity contribution is -0.136. The standard InChI is InChI=1S/C31H34F3N5O2S/c1-18-6-5-11-37(14-18)15-20-12-24(31(32,33)34)25-17-38(30(41)39(25)16-20)23-10-4-9-22(13-23)26(21-7-3-8-21)27-19(2)42-29(36-27)28(35)40/h4,9-10,12-13,16-18,21,26H,3,5-8,11,14-15H2,1-2H3,(H2,35,40)/t18-,26?/m0/s1. The summed E-state index contributed by atoms with van der Waals surface area (Å²) >= 11 is 1.27. The summed E-state index contributed by atoms with van der Waals surface area (Å²) in [4.78, 5) is 33.2. The highest BCUT2D eigenvalue weighted by atomic mass is 32.1. The molecule has 0 radical (unpaired) electrons. The Morgan fingerprint density at radius 3 is 2.60 bits per heavy atom. The Morgan fingerprint density at radius 1 is 1.17 bits per heavy atom. The van der Waals surface area contributed by atoms with E-state index >= 15 is 0 Å². The van der Waals surface area contributed by atoms with E-state index in [1.807, 2.05) is 25.1 Å². The van der Waals surface area contributed by atoms with Crippen LogP contribution in [0.5, 0.6) is 0 Å². The third kappa shape index (κ3) is 5.40. The van der Waals surface area contributed by atoms with Crippen molar-refractivity contribution < 1.29 is 18.0 Å². The lowest BCUT2D eigenvalue weighted by atomic mass is 9.71. The summed E-state index contributed by atoms with van der Waals surface area (Å²) in [6.45, 7) is 6.08. The molecule has 11 heteroatoms. The zero-order valence-corrected chi connectivity index (χ0v) is 24.5. The van der Waals surface area contributed by atoms with Crippen LogP contribution in [0.2, 0.25) is 0 Å². The van der Waals surface area contributed by atoms with Crippen molar-refractivity contribution >= 4 is 22.8 Å². The molecule has 1 aliphatic carbocycles. The molecule has 3 aromatic heterocycles. The number of nitrogens with zero attached hydrogens (tertiary/aromatic N) is 4. The minimum atomic E-state index is -4.62. The van der Waals surface area contributed by atoms with Crippen molar-refractivity contribution in [1.29, 1.82) is 0 Å². The van der Waals surface area contributed by atoms with Gasteiger partial charge in [-0.1, -0.05) is 25.5 Å². The number of imidazole rings is 1. The first-order valence-corrected chi connectivity index (χ1v) is 15.2. The van der Waals surface area contributed by atoms with E-state index in [-0.39, 0.29) is 16.4 Å². The molecule has 1 aliphatic heterocycles. The number of primary amides is 1. The molecule has 2 N–H and O–H groups in total. The maximum absolute atomic E-state index is 14.3. The number of halogens is 3. The number of likely N-dealkylation sites (tertiary alicyclic amines) is 1. The van der Waals surface area contributed by atoms with Crippen molar-refractivity contribution in [3.8, 4) is 5.69 Å². The number of hydrogen-bond donors (Lipinski definition) is 1. The molecule has 1 saturated carbocycles. The third-order valence-corrected chi connectivity index (χ3v) is 9.74. The first-order chi connectivity index (χ1) is 20.0. The van der Waals surface area contributed by atoms with Crippen LogP contribution in [0.15, 0.2) is 47.5 Å². The zero-order valence-electron chi connectivity index (χ0n) is 23.7. The predicted octanol–water partition coefficient (Wildman–Crippen LogP) is 6.14. The quantitative estimate of drug-likeness (QED) is 0.278. The normalized spacial score (nSPS) is 19.2. The Hall–Kier alpha value is -3.44. The van der Waals surface area contributed by atoms with Crippen molar-refractivity contribution in [1.82, 2.24) is 18.9 Å². The highest BCUT2D eigenvalue weighted by Gasteiger charge is 2.36. The van der Waals surface area contributed by atoms with Crippen LogP contribution in [0.25, 0.3) is 11.2 Å². The summed E-state index contributed by atoms with van der Waals surface area (Å²) in [5.41, 5.74) is 6.60. The number of carbonyl (C=O) groups excluding carboxylic acids is 1. The summed E-state index contributed by atoms with van der Waals surface area (Å²) in [5.74, 6) is 0.112. The Balaban J connectivity index is 1.42. The lowest BCUT2D eigenvalue weighted by Crippen LogP contribution is -2.34. The molecule has 1 saturated heterocycles. The summed E-state index contributed by atoms with van der Waals surface area (Å²) in [7, 11) is 0. The monoisotopic (exact) mass is 597 g/mol. The molecular weight excluding hydrogens is 563 g/mol. The van der Waals surface area contributed by atoms with Crippen LogP contribution in [0.4, 0.5) is 13.2 Å².